The Hall–Kier alpha value is -0.910. The molecule has 0 atom stereocenters. The highest BCUT2D eigenvalue weighted by atomic mass is 79.9. The van der Waals surface area contributed by atoms with Gasteiger partial charge in [0.15, 0.2) is 0 Å². The molecule has 0 amide bonds. The van der Waals surface area contributed by atoms with Crippen LogP contribution in [-0.4, -0.2) is 6.04 Å². The lowest BCUT2D eigenvalue weighted by Gasteiger charge is -2.13. The molecule has 0 radical (unpaired) electrons. The molecule has 3 rings (SSSR count). The average Bonchev–Trinajstić information content (AvgIpc) is 3.20. The molecule has 0 aromatic heterocycles. The molecule has 0 saturated heterocycles. The zero-order valence-corrected chi connectivity index (χ0v) is 14.4. The smallest absolute Gasteiger partial charge is 0.133 e. The zero-order chi connectivity index (χ0) is 14.8. The van der Waals surface area contributed by atoms with Gasteiger partial charge < -0.3 is 10.1 Å². The zero-order valence-electron chi connectivity index (χ0n) is 11.2. The van der Waals surface area contributed by atoms with Crippen molar-refractivity contribution in [1.82, 2.24) is 5.32 Å². The Morgan fingerprint density at radius 1 is 1.10 bits per heavy atom. The fourth-order valence-corrected chi connectivity index (χ4v) is 2.81. The third kappa shape index (κ3) is 4.28. The summed E-state index contributed by atoms with van der Waals surface area (Å²) in [6.45, 7) is 0.754. The molecule has 0 aliphatic heterocycles. The van der Waals surface area contributed by atoms with Gasteiger partial charge in [0, 0.05) is 33.2 Å². The highest BCUT2D eigenvalue weighted by Crippen LogP contribution is 2.31. The van der Waals surface area contributed by atoms with Gasteiger partial charge >= 0.3 is 0 Å². The van der Waals surface area contributed by atoms with E-state index in [1.165, 1.54) is 25.0 Å². The molecule has 2 aromatic carbocycles. The van der Waals surface area contributed by atoms with Crippen LogP contribution in [0.5, 0.6) is 11.5 Å². The van der Waals surface area contributed by atoms with E-state index in [1.54, 1.807) is 6.07 Å². The normalized spacial score (nSPS) is 14.2. The maximum Gasteiger partial charge on any atom is 0.133 e. The van der Waals surface area contributed by atoms with Crippen LogP contribution in [0.15, 0.2) is 45.3 Å². The molecule has 1 aliphatic carbocycles. The van der Waals surface area contributed by atoms with Crippen molar-refractivity contribution in [3.8, 4) is 11.5 Å². The van der Waals surface area contributed by atoms with Gasteiger partial charge in [0.1, 0.15) is 17.3 Å². The number of hydrogen-bond donors (Lipinski definition) is 1. The largest absolute Gasteiger partial charge is 0.457 e. The molecule has 2 aromatic rings. The van der Waals surface area contributed by atoms with E-state index in [-0.39, 0.29) is 5.82 Å². The molecular weight excluding hydrogens is 401 g/mol. The van der Waals surface area contributed by atoms with E-state index in [4.69, 9.17) is 4.74 Å². The van der Waals surface area contributed by atoms with Crippen molar-refractivity contribution in [3.63, 3.8) is 0 Å². The van der Waals surface area contributed by atoms with E-state index in [0.717, 1.165) is 22.3 Å². The maximum atomic E-state index is 13.4. The molecule has 0 unspecified atom stereocenters. The van der Waals surface area contributed by atoms with Crippen LogP contribution >= 0.6 is 31.9 Å². The third-order valence-electron chi connectivity index (χ3n) is 3.25. The van der Waals surface area contributed by atoms with E-state index in [1.807, 2.05) is 18.2 Å². The molecule has 110 valence electrons. The number of hydrogen-bond acceptors (Lipinski definition) is 2. The van der Waals surface area contributed by atoms with Gasteiger partial charge in [-0.05, 0) is 37.1 Å². The third-order valence-corrected chi connectivity index (χ3v) is 4.20. The van der Waals surface area contributed by atoms with Crippen LogP contribution < -0.4 is 10.1 Å². The van der Waals surface area contributed by atoms with Crippen molar-refractivity contribution in [1.29, 1.82) is 0 Å². The van der Waals surface area contributed by atoms with Crippen LogP contribution in [0.1, 0.15) is 18.4 Å². The fraction of sp³-hybridized carbons (Fsp3) is 0.250. The summed E-state index contributed by atoms with van der Waals surface area (Å²) < 4.78 is 20.9. The van der Waals surface area contributed by atoms with Gasteiger partial charge in [0.25, 0.3) is 0 Å². The molecule has 0 spiro atoms. The van der Waals surface area contributed by atoms with Gasteiger partial charge in [-0.25, -0.2) is 4.39 Å². The monoisotopic (exact) mass is 413 g/mol. The van der Waals surface area contributed by atoms with Crippen molar-refractivity contribution < 1.29 is 9.13 Å². The molecule has 0 bridgehead atoms. The van der Waals surface area contributed by atoms with Crippen LogP contribution in [0, 0.1) is 5.82 Å². The Kier molecular flexibility index (Phi) is 4.62. The molecule has 21 heavy (non-hydrogen) atoms. The summed E-state index contributed by atoms with van der Waals surface area (Å²) in [5.74, 6) is 0.884. The first kappa shape index (κ1) is 15.0. The maximum absolute atomic E-state index is 13.4. The topological polar surface area (TPSA) is 21.3 Å². The lowest BCUT2D eigenvalue weighted by molar-refractivity contribution is 0.466. The van der Waals surface area contributed by atoms with Gasteiger partial charge in [-0.2, -0.15) is 0 Å². The molecular formula is C16H14Br2FNO. The highest BCUT2D eigenvalue weighted by Gasteiger charge is 2.20. The number of rotatable bonds is 5. The predicted molar refractivity (Wildman–Crippen MR) is 88.2 cm³/mol. The van der Waals surface area contributed by atoms with Crippen molar-refractivity contribution >= 4 is 31.9 Å². The van der Waals surface area contributed by atoms with Crippen molar-refractivity contribution in [2.24, 2.45) is 0 Å². The second-order valence-electron chi connectivity index (χ2n) is 5.11. The Labute approximate surface area is 140 Å². The number of nitrogens with one attached hydrogen (secondary N) is 1. The molecule has 1 saturated carbocycles. The second kappa shape index (κ2) is 6.46. The summed E-state index contributed by atoms with van der Waals surface area (Å²) in [4.78, 5) is 0. The molecule has 1 N–H and O–H groups in total. The Morgan fingerprint density at radius 3 is 2.62 bits per heavy atom. The summed E-state index contributed by atoms with van der Waals surface area (Å²) >= 11 is 6.72. The van der Waals surface area contributed by atoms with Crippen LogP contribution in [0.4, 0.5) is 4.39 Å². The fourth-order valence-electron chi connectivity index (χ4n) is 2.03. The quantitative estimate of drug-likeness (QED) is 0.707. The second-order valence-corrected chi connectivity index (χ2v) is 6.95. The van der Waals surface area contributed by atoms with Gasteiger partial charge in [-0.3, -0.25) is 0 Å². The first-order chi connectivity index (χ1) is 10.1. The van der Waals surface area contributed by atoms with Crippen LogP contribution in [0.3, 0.4) is 0 Å². The lowest BCUT2D eigenvalue weighted by atomic mass is 10.2. The highest BCUT2D eigenvalue weighted by molar-refractivity contribution is 9.10. The van der Waals surface area contributed by atoms with Gasteiger partial charge in [0.2, 0.25) is 0 Å². The summed E-state index contributed by atoms with van der Waals surface area (Å²) in [5, 5.41) is 3.46. The summed E-state index contributed by atoms with van der Waals surface area (Å²) in [5.41, 5.74) is 1.06. The standard InChI is InChI=1S/C16H14Br2FNO/c17-11-2-1-10(9-20-14-3-4-14)16(7-11)21-15-6-12(18)5-13(19)8-15/h1-2,5-8,14,20H,3-4,9H2. The van der Waals surface area contributed by atoms with Gasteiger partial charge in [0.05, 0.1) is 0 Å². The first-order valence-electron chi connectivity index (χ1n) is 6.76. The molecule has 1 fully saturated rings. The first-order valence-corrected chi connectivity index (χ1v) is 8.34. The van der Waals surface area contributed by atoms with Crippen LogP contribution in [0.2, 0.25) is 0 Å². The van der Waals surface area contributed by atoms with Crippen molar-refractivity contribution in [2.75, 3.05) is 0 Å². The van der Waals surface area contributed by atoms with E-state index >= 15 is 0 Å². The number of halogens is 3. The molecule has 1 aliphatic rings. The molecule has 5 heteroatoms. The number of benzene rings is 2. The predicted octanol–water partition coefficient (Wildman–Crippen LogP) is 5.40. The summed E-state index contributed by atoms with van der Waals surface area (Å²) in [6.07, 6.45) is 2.48. The van der Waals surface area contributed by atoms with Crippen molar-refractivity contribution in [2.45, 2.75) is 25.4 Å². The van der Waals surface area contributed by atoms with E-state index in [0.29, 0.717) is 16.3 Å². The van der Waals surface area contributed by atoms with Crippen LogP contribution in [0.25, 0.3) is 0 Å². The van der Waals surface area contributed by atoms with E-state index < -0.39 is 0 Å². The van der Waals surface area contributed by atoms with Gasteiger partial charge in [-0.15, -0.1) is 0 Å². The Bertz CT molecular complexity index is 638. The molecule has 0 heterocycles. The van der Waals surface area contributed by atoms with Crippen LogP contribution in [-0.2, 0) is 6.54 Å². The van der Waals surface area contributed by atoms with Crippen molar-refractivity contribution in [3.05, 3.63) is 56.7 Å². The number of ether oxygens (including phenoxy) is 1. The van der Waals surface area contributed by atoms with E-state index in [2.05, 4.69) is 37.2 Å². The minimum atomic E-state index is -0.327. The molecule has 2 nitrogen and oxygen atoms in total. The average molecular weight is 415 g/mol. The minimum absolute atomic E-state index is 0.327. The minimum Gasteiger partial charge on any atom is -0.457 e. The SMILES string of the molecule is Fc1cc(Br)cc(Oc2cc(Br)ccc2CNC2CC2)c1. The van der Waals surface area contributed by atoms with E-state index in [9.17, 15) is 4.39 Å². The summed E-state index contributed by atoms with van der Waals surface area (Å²) in [6, 6.07) is 11.1. The lowest BCUT2D eigenvalue weighted by Crippen LogP contribution is -2.15. The summed E-state index contributed by atoms with van der Waals surface area (Å²) in [7, 11) is 0. The Morgan fingerprint density at radius 2 is 1.90 bits per heavy atom. The Balaban J connectivity index is 1.83. The van der Waals surface area contributed by atoms with Gasteiger partial charge in [-0.1, -0.05) is 37.9 Å².